The zero-order valence-corrected chi connectivity index (χ0v) is 21.6. The maximum absolute atomic E-state index is 13.6. The number of fused-ring (bicyclic) bond motifs is 1. The number of carbonyl (C=O) groups is 1. The highest BCUT2D eigenvalue weighted by atomic mass is 32.1. The summed E-state index contributed by atoms with van der Waals surface area (Å²) in [6, 6.07) is 10.4. The summed E-state index contributed by atoms with van der Waals surface area (Å²) in [5.41, 5.74) is 2.06. The van der Waals surface area contributed by atoms with E-state index in [0.717, 1.165) is 30.6 Å². The highest BCUT2D eigenvalue weighted by Gasteiger charge is 2.36. The Bertz CT molecular complexity index is 966. The molecule has 186 valence electrons. The summed E-state index contributed by atoms with van der Waals surface area (Å²) < 4.78 is 11.9. The summed E-state index contributed by atoms with van der Waals surface area (Å²) in [4.78, 5) is 19.0. The predicted molar refractivity (Wildman–Crippen MR) is 135 cm³/mol. The molecule has 1 N–H and O–H groups in total. The van der Waals surface area contributed by atoms with Crippen LogP contribution in [0.2, 0.25) is 0 Å². The van der Waals surface area contributed by atoms with Crippen molar-refractivity contribution in [2.24, 2.45) is 0 Å². The molecule has 1 saturated carbocycles. The summed E-state index contributed by atoms with van der Waals surface area (Å²) in [6.07, 6.45) is 2.42. The Labute approximate surface area is 207 Å². The molecule has 1 aliphatic heterocycles. The van der Waals surface area contributed by atoms with E-state index in [1.54, 1.807) is 11.3 Å². The molecular weight excluding hydrogens is 448 g/mol. The van der Waals surface area contributed by atoms with Gasteiger partial charge in [0.15, 0.2) is 0 Å². The molecule has 2 atom stereocenters. The van der Waals surface area contributed by atoms with Gasteiger partial charge >= 0.3 is 0 Å². The number of aliphatic hydroxyl groups is 1. The SMILES string of the molecule is Cc1cccc(OC[C@@H]2c3ccsc3CCN2C(=O)CN(C[C@H](O)COC(C)(C)C)C2CC2)c1. The molecule has 0 bridgehead atoms. The number of rotatable bonds is 10. The minimum absolute atomic E-state index is 0.0989. The van der Waals surface area contributed by atoms with Gasteiger partial charge in [0.2, 0.25) is 5.91 Å². The Kier molecular flexibility index (Phi) is 7.97. The zero-order chi connectivity index (χ0) is 24.3. The summed E-state index contributed by atoms with van der Waals surface area (Å²) >= 11 is 1.76. The van der Waals surface area contributed by atoms with Crippen molar-refractivity contribution in [2.75, 3.05) is 32.8 Å². The maximum Gasteiger partial charge on any atom is 0.237 e. The molecular formula is C27H38N2O4S. The number of aliphatic hydroxyl groups excluding tert-OH is 1. The highest BCUT2D eigenvalue weighted by molar-refractivity contribution is 7.10. The van der Waals surface area contributed by atoms with Gasteiger partial charge in [-0.25, -0.2) is 0 Å². The Balaban J connectivity index is 1.42. The van der Waals surface area contributed by atoms with Crippen LogP contribution in [-0.4, -0.2) is 71.4 Å². The molecule has 0 spiro atoms. The summed E-state index contributed by atoms with van der Waals surface area (Å²) in [5, 5.41) is 12.7. The molecule has 1 aliphatic carbocycles. The first-order chi connectivity index (χ1) is 16.2. The van der Waals surface area contributed by atoms with E-state index in [4.69, 9.17) is 9.47 Å². The largest absolute Gasteiger partial charge is 0.491 e. The molecule has 2 aromatic rings. The minimum atomic E-state index is -0.613. The number of carbonyl (C=O) groups excluding carboxylic acids is 1. The van der Waals surface area contributed by atoms with E-state index in [9.17, 15) is 9.90 Å². The second kappa shape index (κ2) is 10.8. The lowest BCUT2D eigenvalue weighted by atomic mass is 10.0. The van der Waals surface area contributed by atoms with E-state index in [-0.39, 0.29) is 24.2 Å². The highest BCUT2D eigenvalue weighted by Crippen LogP contribution is 2.35. The molecule has 2 heterocycles. The standard InChI is InChI=1S/C27H38N2O4S/c1-19-6-5-7-22(14-19)32-18-24-23-11-13-34-25(23)10-12-29(24)26(31)16-28(20-8-9-20)15-21(30)17-33-27(2,3)4/h5-7,11,13-14,20-21,24,30H,8-10,12,15-18H2,1-4H3/t21-,24+/m0/s1. The van der Waals surface area contributed by atoms with Gasteiger partial charge in [0.05, 0.1) is 30.9 Å². The van der Waals surface area contributed by atoms with Gasteiger partial charge in [-0.3, -0.25) is 9.69 Å². The van der Waals surface area contributed by atoms with Crippen LogP contribution in [0, 0.1) is 6.92 Å². The number of amides is 1. The van der Waals surface area contributed by atoms with Crippen molar-refractivity contribution in [3.63, 3.8) is 0 Å². The van der Waals surface area contributed by atoms with Gasteiger partial charge in [-0.1, -0.05) is 12.1 Å². The number of nitrogens with zero attached hydrogens (tertiary/aromatic N) is 2. The van der Waals surface area contributed by atoms with E-state index in [1.165, 1.54) is 10.4 Å². The molecule has 1 fully saturated rings. The van der Waals surface area contributed by atoms with Crippen molar-refractivity contribution in [2.45, 2.75) is 70.7 Å². The van der Waals surface area contributed by atoms with Gasteiger partial charge in [0.25, 0.3) is 0 Å². The summed E-state index contributed by atoms with van der Waals surface area (Å²) in [7, 11) is 0. The normalized spacial score (nSPS) is 19.2. The third-order valence-electron chi connectivity index (χ3n) is 6.37. The van der Waals surface area contributed by atoms with Gasteiger partial charge in [-0.05, 0) is 81.7 Å². The van der Waals surface area contributed by atoms with E-state index < -0.39 is 6.10 Å². The zero-order valence-electron chi connectivity index (χ0n) is 20.8. The van der Waals surface area contributed by atoms with Gasteiger partial charge in [0, 0.05) is 24.0 Å². The fourth-order valence-corrected chi connectivity index (χ4v) is 5.40. The molecule has 0 radical (unpaired) electrons. The molecule has 0 unspecified atom stereocenters. The Morgan fingerprint density at radius 2 is 2.09 bits per heavy atom. The van der Waals surface area contributed by atoms with Gasteiger partial charge < -0.3 is 19.5 Å². The van der Waals surface area contributed by atoms with Crippen LogP contribution in [0.4, 0.5) is 0 Å². The van der Waals surface area contributed by atoms with Crippen molar-refractivity contribution in [1.82, 2.24) is 9.80 Å². The van der Waals surface area contributed by atoms with Crippen LogP contribution < -0.4 is 4.74 Å². The second-order valence-electron chi connectivity index (χ2n) is 10.5. The predicted octanol–water partition coefficient (Wildman–Crippen LogP) is 4.20. The lowest BCUT2D eigenvalue weighted by molar-refractivity contribution is -0.137. The maximum atomic E-state index is 13.6. The Morgan fingerprint density at radius 1 is 1.29 bits per heavy atom. The molecule has 1 amide bonds. The average molecular weight is 487 g/mol. The summed E-state index contributed by atoms with van der Waals surface area (Å²) in [6.45, 7) is 10.2. The van der Waals surface area contributed by atoms with Crippen molar-refractivity contribution < 1.29 is 19.4 Å². The number of aryl methyl sites for hydroxylation is 1. The van der Waals surface area contributed by atoms with E-state index in [2.05, 4.69) is 16.3 Å². The molecule has 1 aromatic carbocycles. The number of thiophene rings is 1. The third-order valence-corrected chi connectivity index (χ3v) is 7.36. The molecule has 6 nitrogen and oxygen atoms in total. The topological polar surface area (TPSA) is 62.2 Å². The van der Waals surface area contributed by atoms with Crippen LogP contribution in [0.5, 0.6) is 5.75 Å². The molecule has 7 heteroatoms. The number of hydrogen-bond acceptors (Lipinski definition) is 6. The lowest BCUT2D eigenvalue weighted by Crippen LogP contribution is -2.48. The lowest BCUT2D eigenvalue weighted by Gasteiger charge is -2.37. The van der Waals surface area contributed by atoms with Gasteiger partial charge in [0.1, 0.15) is 12.4 Å². The quantitative estimate of drug-likeness (QED) is 0.545. The van der Waals surface area contributed by atoms with E-state index in [1.807, 2.05) is 56.9 Å². The minimum Gasteiger partial charge on any atom is -0.491 e. The fourth-order valence-electron chi connectivity index (χ4n) is 4.47. The van der Waals surface area contributed by atoms with Crippen LogP contribution in [0.1, 0.15) is 55.7 Å². The first kappa shape index (κ1) is 25.2. The van der Waals surface area contributed by atoms with Crippen molar-refractivity contribution in [3.05, 3.63) is 51.7 Å². The van der Waals surface area contributed by atoms with Crippen LogP contribution in [0.25, 0.3) is 0 Å². The Hall–Kier alpha value is -1.93. The summed E-state index contributed by atoms with van der Waals surface area (Å²) in [5.74, 6) is 0.932. The molecule has 4 rings (SSSR count). The molecule has 34 heavy (non-hydrogen) atoms. The van der Waals surface area contributed by atoms with Gasteiger partial charge in [-0.2, -0.15) is 0 Å². The first-order valence-corrected chi connectivity index (χ1v) is 13.2. The van der Waals surface area contributed by atoms with Crippen molar-refractivity contribution in [3.8, 4) is 5.75 Å². The van der Waals surface area contributed by atoms with Crippen LogP contribution in [0.15, 0.2) is 35.7 Å². The monoisotopic (exact) mass is 486 g/mol. The van der Waals surface area contributed by atoms with E-state index in [0.29, 0.717) is 32.3 Å². The molecule has 0 saturated heterocycles. The number of ether oxygens (including phenoxy) is 2. The second-order valence-corrected chi connectivity index (χ2v) is 11.5. The van der Waals surface area contributed by atoms with Gasteiger partial charge in [-0.15, -0.1) is 11.3 Å². The first-order valence-electron chi connectivity index (χ1n) is 12.3. The van der Waals surface area contributed by atoms with Crippen LogP contribution in [-0.2, 0) is 16.0 Å². The average Bonchev–Trinajstić information content (AvgIpc) is 3.52. The molecule has 2 aliphatic rings. The fraction of sp³-hybridized carbons (Fsp3) is 0.593. The van der Waals surface area contributed by atoms with Crippen molar-refractivity contribution in [1.29, 1.82) is 0 Å². The Morgan fingerprint density at radius 3 is 2.79 bits per heavy atom. The van der Waals surface area contributed by atoms with Crippen LogP contribution >= 0.6 is 11.3 Å². The third kappa shape index (κ3) is 6.81. The molecule has 1 aromatic heterocycles. The number of benzene rings is 1. The number of hydrogen-bond donors (Lipinski definition) is 1. The van der Waals surface area contributed by atoms with Crippen molar-refractivity contribution >= 4 is 17.2 Å². The van der Waals surface area contributed by atoms with Crippen LogP contribution in [0.3, 0.4) is 0 Å². The van der Waals surface area contributed by atoms with E-state index >= 15 is 0 Å². The smallest absolute Gasteiger partial charge is 0.237 e.